The first-order valence-electron chi connectivity index (χ1n) is 5.46. The Morgan fingerprint density at radius 1 is 1.42 bits per heavy atom. The van der Waals surface area contributed by atoms with Crippen molar-refractivity contribution in [2.24, 2.45) is 0 Å². The molecule has 0 aliphatic heterocycles. The van der Waals surface area contributed by atoms with E-state index in [1.807, 2.05) is 0 Å². The van der Waals surface area contributed by atoms with Gasteiger partial charge in [0.1, 0.15) is 12.3 Å². The van der Waals surface area contributed by atoms with Gasteiger partial charge in [-0.3, -0.25) is 4.79 Å². The number of phenols is 1. The fourth-order valence-electron chi connectivity index (χ4n) is 1.50. The van der Waals surface area contributed by atoms with Crippen molar-refractivity contribution in [2.45, 2.75) is 13.1 Å². The van der Waals surface area contributed by atoms with Crippen molar-refractivity contribution in [1.29, 1.82) is 0 Å². The molecule has 0 spiro atoms. The lowest BCUT2D eigenvalue weighted by Crippen LogP contribution is -2.40. The fraction of sp³-hybridized carbons (Fsp3) is 0.417. The normalized spacial score (nSPS) is 11.4. The van der Waals surface area contributed by atoms with Gasteiger partial charge >= 0.3 is 6.18 Å². The lowest BCUT2D eigenvalue weighted by Gasteiger charge is -2.23. The summed E-state index contributed by atoms with van der Waals surface area (Å²) in [6.07, 6.45) is -4.45. The maximum atomic E-state index is 12.4. The van der Waals surface area contributed by atoms with Crippen LogP contribution in [-0.4, -0.2) is 40.5 Å². The Morgan fingerprint density at radius 2 is 2.05 bits per heavy atom. The molecule has 0 aliphatic carbocycles. The minimum atomic E-state index is -4.45. The van der Waals surface area contributed by atoms with Crippen molar-refractivity contribution in [3.8, 4) is 5.75 Å². The first-order chi connectivity index (χ1) is 8.74. The van der Waals surface area contributed by atoms with E-state index >= 15 is 0 Å². The molecule has 0 atom stereocenters. The van der Waals surface area contributed by atoms with Gasteiger partial charge < -0.3 is 10.0 Å². The molecule has 0 saturated heterocycles. The van der Waals surface area contributed by atoms with Crippen molar-refractivity contribution in [3.63, 3.8) is 0 Å². The Morgan fingerprint density at radius 3 is 2.53 bits per heavy atom. The van der Waals surface area contributed by atoms with Gasteiger partial charge in [-0.05, 0) is 24.6 Å². The van der Waals surface area contributed by atoms with Gasteiger partial charge in [-0.2, -0.15) is 13.2 Å². The van der Waals surface area contributed by atoms with Gasteiger partial charge in [0.25, 0.3) is 5.91 Å². The van der Waals surface area contributed by atoms with Crippen molar-refractivity contribution in [2.75, 3.05) is 18.4 Å². The van der Waals surface area contributed by atoms with Crippen molar-refractivity contribution < 1.29 is 23.1 Å². The van der Waals surface area contributed by atoms with E-state index < -0.39 is 18.6 Å². The van der Waals surface area contributed by atoms with Crippen LogP contribution in [0.4, 0.5) is 13.2 Å². The van der Waals surface area contributed by atoms with Gasteiger partial charge in [-0.15, -0.1) is 0 Å². The summed E-state index contributed by atoms with van der Waals surface area (Å²) in [7, 11) is 0. The zero-order valence-corrected chi connectivity index (χ0v) is 11.8. The molecule has 0 bridgehead atoms. The number of carbonyl (C=O) groups is 1. The number of hydrogen-bond acceptors (Lipinski definition) is 2. The van der Waals surface area contributed by atoms with Crippen LogP contribution >= 0.6 is 15.9 Å². The summed E-state index contributed by atoms with van der Waals surface area (Å²) < 4.78 is 37.2. The van der Waals surface area contributed by atoms with Crippen LogP contribution in [0.15, 0.2) is 18.2 Å². The quantitative estimate of drug-likeness (QED) is 0.856. The summed E-state index contributed by atoms with van der Waals surface area (Å²) in [5, 5.41) is 9.73. The molecule has 106 valence electrons. The standard InChI is InChI=1S/C12H13BrF3NO2/c1-8-2-3-9(6-10(8)18)11(19)17(5-4-13)7-12(14,15)16/h2-3,6,18H,4-5,7H2,1H3. The van der Waals surface area contributed by atoms with Gasteiger partial charge in [0, 0.05) is 17.4 Å². The number of amides is 1. The highest BCUT2D eigenvalue weighted by molar-refractivity contribution is 9.09. The summed E-state index contributed by atoms with van der Waals surface area (Å²) in [5.74, 6) is -0.872. The molecule has 0 heterocycles. The van der Waals surface area contributed by atoms with Gasteiger partial charge in [-0.25, -0.2) is 0 Å². The predicted molar refractivity (Wildman–Crippen MR) is 68.6 cm³/mol. The average Bonchev–Trinajstić information content (AvgIpc) is 2.29. The van der Waals surface area contributed by atoms with Gasteiger partial charge in [0.05, 0.1) is 0 Å². The molecular weight excluding hydrogens is 327 g/mol. The largest absolute Gasteiger partial charge is 0.508 e. The topological polar surface area (TPSA) is 40.5 Å². The molecule has 0 radical (unpaired) electrons. The van der Waals surface area contributed by atoms with Crippen molar-refractivity contribution >= 4 is 21.8 Å². The minimum Gasteiger partial charge on any atom is -0.508 e. The van der Waals surface area contributed by atoms with E-state index in [0.717, 1.165) is 0 Å². The Kier molecular flexibility index (Phi) is 5.22. The monoisotopic (exact) mass is 339 g/mol. The number of alkyl halides is 4. The Labute approximate surface area is 117 Å². The first kappa shape index (κ1) is 15.8. The molecule has 1 amide bonds. The second-order valence-electron chi connectivity index (χ2n) is 4.03. The van der Waals surface area contributed by atoms with Crippen LogP contribution in [0.5, 0.6) is 5.75 Å². The fourth-order valence-corrected chi connectivity index (χ4v) is 1.92. The Balaban J connectivity index is 2.95. The number of halogens is 4. The molecule has 0 fully saturated rings. The molecule has 19 heavy (non-hydrogen) atoms. The summed E-state index contributed by atoms with van der Waals surface area (Å²) >= 11 is 3.01. The number of aryl methyl sites for hydroxylation is 1. The average molecular weight is 340 g/mol. The lowest BCUT2D eigenvalue weighted by molar-refractivity contribution is -0.140. The van der Waals surface area contributed by atoms with E-state index in [1.165, 1.54) is 18.2 Å². The van der Waals surface area contributed by atoms with Crippen molar-refractivity contribution in [3.05, 3.63) is 29.3 Å². The summed E-state index contributed by atoms with van der Waals surface area (Å²) in [6, 6.07) is 4.06. The molecule has 1 N–H and O–H groups in total. The highest BCUT2D eigenvalue weighted by Gasteiger charge is 2.33. The number of nitrogens with zero attached hydrogens (tertiary/aromatic N) is 1. The summed E-state index contributed by atoms with van der Waals surface area (Å²) in [6.45, 7) is 0.259. The predicted octanol–water partition coefficient (Wildman–Crippen LogP) is 3.10. The molecule has 7 heteroatoms. The smallest absolute Gasteiger partial charge is 0.406 e. The SMILES string of the molecule is Cc1ccc(C(=O)N(CCBr)CC(F)(F)F)cc1O. The Hall–Kier alpha value is -1.24. The van der Waals surface area contributed by atoms with Crippen LogP contribution in [0.25, 0.3) is 0 Å². The maximum absolute atomic E-state index is 12.4. The van der Waals surface area contributed by atoms with Crippen LogP contribution < -0.4 is 0 Å². The van der Waals surface area contributed by atoms with E-state index in [1.54, 1.807) is 6.92 Å². The third kappa shape index (κ3) is 4.74. The number of phenolic OH excluding ortho intramolecular Hbond substituents is 1. The highest BCUT2D eigenvalue weighted by atomic mass is 79.9. The lowest BCUT2D eigenvalue weighted by atomic mass is 10.1. The van der Waals surface area contributed by atoms with Gasteiger partial charge in [-0.1, -0.05) is 22.0 Å². The van der Waals surface area contributed by atoms with E-state index in [9.17, 15) is 23.1 Å². The number of rotatable bonds is 4. The minimum absolute atomic E-state index is 0.0355. The van der Waals surface area contributed by atoms with Crippen LogP contribution in [-0.2, 0) is 0 Å². The summed E-state index contributed by atoms with van der Waals surface area (Å²) in [4.78, 5) is 12.7. The molecule has 1 aromatic carbocycles. The second kappa shape index (κ2) is 6.27. The summed E-state index contributed by atoms with van der Waals surface area (Å²) in [5.41, 5.74) is 0.590. The zero-order chi connectivity index (χ0) is 14.6. The molecule has 0 aliphatic rings. The van der Waals surface area contributed by atoms with E-state index in [-0.39, 0.29) is 23.2 Å². The van der Waals surface area contributed by atoms with Crippen LogP contribution in [0.2, 0.25) is 0 Å². The number of aromatic hydroxyl groups is 1. The van der Waals surface area contributed by atoms with Gasteiger partial charge in [0.15, 0.2) is 0 Å². The maximum Gasteiger partial charge on any atom is 0.406 e. The molecule has 0 aromatic heterocycles. The van der Waals surface area contributed by atoms with Crippen molar-refractivity contribution in [1.82, 2.24) is 4.90 Å². The van der Waals surface area contributed by atoms with E-state index in [4.69, 9.17) is 0 Å². The molecule has 1 aromatic rings. The van der Waals surface area contributed by atoms with Crippen LogP contribution in [0.1, 0.15) is 15.9 Å². The third-order valence-corrected chi connectivity index (χ3v) is 2.82. The first-order valence-corrected chi connectivity index (χ1v) is 6.58. The molecular formula is C12H13BrF3NO2. The van der Waals surface area contributed by atoms with Crippen LogP contribution in [0, 0.1) is 6.92 Å². The number of hydrogen-bond donors (Lipinski definition) is 1. The second-order valence-corrected chi connectivity index (χ2v) is 4.83. The third-order valence-electron chi connectivity index (χ3n) is 2.47. The van der Waals surface area contributed by atoms with Crippen LogP contribution in [0.3, 0.4) is 0 Å². The number of benzene rings is 1. The molecule has 1 rings (SSSR count). The number of carbonyl (C=O) groups excluding carboxylic acids is 1. The van der Waals surface area contributed by atoms with E-state index in [2.05, 4.69) is 15.9 Å². The molecule has 3 nitrogen and oxygen atoms in total. The molecule has 0 unspecified atom stereocenters. The molecule has 0 saturated carbocycles. The Bertz CT molecular complexity index is 463. The van der Waals surface area contributed by atoms with Gasteiger partial charge in [0.2, 0.25) is 0 Å². The highest BCUT2D eigenvalue weighted by Crippen LogP contribution is 2.21. The zero-order valence-electron chi connectivity index (χ0n) is 10.2. The van der Waals surface area contributed by atoms with E-state index in [0.29, 0.717) is 10.5 Å².